The van der Waals surface area contributed by atoms with Crippen LogP contribution in [0.3, 0.4) is 0 Å². The van der Waals surface area contributed by atoms with Crippen LogP contribution in [-0.2, 0) is 16.7 Å². The highest BCUT2D eigenvalue weighted by Crippen LogP contribution is 2.56. The van der Waals surface area contributed by atoms with Crippen molar-refractivity contribution in [1.29, 1.82) is 0 Å². The fraction of sp³-hybridized carbons (Fsp3) is 0.163. The standard InChI is InChI=1S/C37H14N4O6S.3C2H6/c42-36-17-9-14-13-46-23-11-18-27-15(34-38-19-5-1-3-7-21(19)40(34)37(18)43)10-24-30-31-25(48(44,45)47-24)12-16(28(17)32(31)26(14)29(23)33(27)30)35-39-20-6-2-4-8-22(20)41(35)36;3*1-2/h1-12H,13H2;3*1-2H3/p+1. The molecular formula is C43H33N4O6S+. The van der Waals surface area contributed by atoms with Gasteiger partial charge in [0.1, 0.15) is 22.9 Å². The summed E-state index contributed by atoms with van der Waals surface area (Å²) in [6, 6.07) is 21.9. The summed E-state index contributed by atoms with van der Waals surface area (Å²) in [5.41, 5.74) is 3.61. The van der Waals surface area contributed by atoms with E-state index in [0.717, 1.165) is 21.9 Å². The van der Waals surface area contributed by atoms with Crippen molar-refractivity contribution in [3.63, 3.8) is 0 Å². The summed E-state index contributed by atoms with van der Waals surface area (Å²) in [7, 11) is -4.33. The van der Waals surface area contributed by atoms with E-state index < -0.39 is 10.1 Å². The first-order valence-electron chi connectivity index (χ1n) is 18.4. The maximum Gasteiger partial charge on any atom is 0.347 e. The van der Waals surface area contributed by atoms with Gasteiger partial charge < -0.3 is 13.9 Å². The molecule has 9 aromatic rings. The van der Waals surface area contributed by atoms with Crippen molar-refractivity contribution in [2.24, 2.45) is 0 Å². The predicted octanol–water partition coefficient (Wildman–Crippen LogP) is 8.69. The highest BCUT2D eigenvalue weighted by molar-refractivity contribution is 7.87. The topological polar surface area (TPSA) is 124 Å². The van der Waals surface area contributed by atoms with Crippen molar-refractivity contribution in [3.8, 4) is 17.3 Å². The van der Waals surface area contributed by atoms with Crippen LogP contribution in [0, 0.1) is 0 Å². The molecule has 0 amide bonds. The number of imidazole rings is 2. The van der Waals surface area contributed by atoms with Crippen LogP contribution in [0.2, 0.25) is 0 Å². The molecule has 0 radical (unpaired) electrons. The number of para-hydroxylation sites is 4. The molecule has 7 aromatic carbocycles. The van der Waals surface area contributed by atoms with Crippen LogP contribution in [0.5, 0.6) is 11.5 Å². The molecule has 0 aliphatic carbocycles. The van der Waals surface area contributed by atoms with Crippen molar-refractivity contribution in [2.75, 3.05) is 0 Å². The highest BCUT2D eigenvalue weighted by Gasteiger charge is 2.39. The van der Waals surface area contributed by atoms with Gasteiger partial charge in [-0.3, -0.25) is 9.20 Å². The van der Waals surface area contributed by atoms with E-state index in [4.69, 9.17) is 13.9 Å². The lowest BCUT2D eigenvalue weighted by molar-refractivity contribution is -0.580. The Kier molecular flexibility index (Phi) is 6.50. The van der Waals surface area contributed by atoms with Crippen LogP contribution < -0.4 is 24.6 Å². The average molecular weight is 734 g/mol. The molecule has 4 aliphatic rings. The number of nitrogens with one attached hydrogen (secondary N) is 1. The first kappa shape index (κ1) is 32.3. The Balaban J connectivity index is 0.000000576. The number of rotatable bonds is 0. The largest absolute Gasteiger partial charge is 0.488 e. The smallest absolute Gasteiger partial charge is 0.347 e. The van der Waals surface area contributed by atoms with Crippen LogP contribution in [-0.4, -0.2) is 22.8 Å². The number of H-pyrrole nitrogens is 1. The van der Waals surface area contributed by atoms with Gasteiger partial charge in [-0.15, -0.1) is 4.57 Å². The Morgan fingerprint density at radius 1 is 0.704 bits per heavy atom. The van der Waals surface area contributed by atoms with Gasteiger partial charge in [-0.25, -0.2) is 4.79 Å². The van der Waals surface area contributed by atoms with Crippen molar-refractivity contribution in [1.82, 2.24) is 14.4 Å². The SMILES string of the molecule is CC.CC.CC.O=c1c2cc3c4c5c(cc6c(=O)[n+]7c8ccccc8nc-7c7cc8c(c9c(cc(c2c49)c2[nH]c4ccccc4n12)OS8(=O)=O)c5c76)CO3. The molecule has 10 nitrogen and oxygen atoms in total. The van der Waals surface area contributed by atoms with Gasteiger partial charge in [-0.2, -0.15) is 8.42 Å². The Bertz CT molecular complexity index is 3610. The fourth-order valence-corrected chi connectivity index (χ4v) is 10.1. The maximum absolute atomic E-state index is 14.4. The Morgan fingerprint density at radius 3 is 2.20 bits per heavy atom. The molecule has 0 saturated heterocycles. The summed E-state index contributed by atoms with van der Waals surface area (Å²) in [6.45, 7) is 12.1. The molecule has 0 atom stereocenters. The molecule has 54 heavy (non-hydrogen) atoms. The molecule has 4 aliphatic heterocycles. The maximum atomic E-state index is 14.4. The summed E-state index contributed by atoms with van der Waals surface area (Å²) in [5, 5.41) is 7.47. The zero-order valence-corrected chi connectivity index (χ0v) is 31.2. The van der Waals surface area contributed by atoms with Gasteiger partial charge in [-0.1, -0.05) is 65.8 Å². The molecule has 266 valence electrons. The third-order valence-corrected chi connectivity index (χ3v) is 11.9. The number of benzene rings is 7. The second kappa shape index (κ2) is 10.9. The second-order valence-electron chi connectivity index (χ2n) is 12.9. The molecule has 0 spiro atoms. The summed E-state index contributed by atoms with van der Waals surface area (Å²) in [5.74, 6) is 1.07. The lowest BCUT2D eigenvalue weighted by Gasteiger charge is -2.29. The van der Waals surface area contributed by atoms with E-state index >= 15 is 0 Å². The lowest BCUT2D eigenvalue weighted by atomic mass is 9.82. The van der Waals surface area contributed by atoms with E-state index in [9.17, 15) is 18.0 Å². The summed E-state index contributed by atoms with van der Waals surface area (Å²) in [4.78, 5) is 37.0. The third-order valence-electron chi connectivity index (χ3n) is 10.7. The van der Waals surface area contributed by atoms with Gasteiger partial charge in [0.25, 0.3) is 5.56 Å². The molecule has 0 bridgehead atoms. The van der Waals surface area contributed by atoms with Crippen molar-refractivity contribution >= 4 is 102 Å². The minimum Gasteiger partial charge on any atom is -0.488 e. The van der Waals surface area contributed by atoms with Crippen LogP contribution in [0.25, 0.3) is 98.2 Å². The van der Waals surface area contributed by atoms with E-state index in [1.54, 1.807) is 21.1 Å². The third kappa shape index (κ3) is 3.57. The second-order valence-corrected chi connectivity index (χ2v) is 14.4. The molecule has 0 unspecified atom stereocenters. The van der Waals surface area contributed by atoms with E-state index in [0.29, 0.717) is 87.6 Å². The van der Waals surface area contributed by atoms with Gasteiger partial charge in [0.2, 0.25) is 5.52 Å². The lowest BCUT2D eigenvalue weighted by Crippen LogP contribution is -2.47. The minimum atomic E-state index is -4.33. The molecule has 11 heteroatoms. The molecule has 6 heterocycles. The number of hydrogen-bond donors (Lipinski definition) is 1. The van der Waals surface area contributed by atoms with Gasteiger partial charge >= 0.3 is 21.5 Å². The van der Waals surface area contributed by atoms with Crippen molar-refractivity contribution in [2.45, 2.75) is 53.0 Å². The van der Waals surface area contributed by atoms with E-state index in [1.165, 1.54) is 0 Å². The highest BCUT2D eigenvalue weighted by atomic mass is 32.2. The number of hydrogen-bond acceptors (Lipinski definition) is 7. The fourth-order valence-electron chi connectivity index (χ4n) is 8.92. The number of fused-ring (bicyclic) bond motifs is 8. The first-order valence-corrected chi connectivity index (χ1v) is 19.8. The number of ether oxygens (including phenoxy) is 1. The molecular weight excluding hydrogens is 701 g/mol. The number of aromatic amines is 1. The normalized spacial score (nSPS) is 14.0. The van der Waals surface area contributed by atoms with Crippen molar-refractivity contribution < 1.29 is 21.9 Å². The van der Waals surface area contributed by atoms with E-state index in [-0.39, 0.29) is 28.4 Å². The quantitative estimate of drug-likeness (QED) is 0.0716. The van der Waals surface area contributed by atoms with E-state index in [1.807, 2.05) is 102 Å². The van der Waals surface area contributed by atoms with Crippen LogP contribution in [0.1, 0.15) is 47.1 Å². The zero-order valence-electron chi connectivity index (χ0n) is 30.3. The van der Waals surface area contributed by atoms with Crippen LogP contribution >= 0.6 is 0 Å². The first-order chi connectivity index (χ1) is 26.4. The molecule has 2 aromatic heterocycles. The number of nitrogens with zero attached hydrogens (tertiary/aromatic N) is 3. The van der Waals surface area contributed by atoms with Crippen LogP contribution in [0.4, 0.5) is 0 Å². The zero-order chi connectivity index (χ0) is 37.5. The Hall–Kier alpha value is -6.33. The summed E-state index contributed by atoms with van der Waals surface area (Å²) >= 11 is 0. The number of aromatic nitrogens is 4. The van der Waals surface area contributed by atoms with Crippen molar-refractivity contribution in [3.05, 3.63) is 99.1 Å². The van der Waals surface area contributed by atoms with Crippen LogP contribution in [0.15, 0.2) is 87.3 Å². The number of pyridine rings is 2. The summed E-state index contributed by atoms with van der Waals surface area (Å²) < 4.78 is 44.0. The molecule has 0 fully saturated rings. The van der Waals surface area contributed by atoms with Gasteiger partial charge in [-0.05, 0) is 59.1 Å². The van der Waals surface area contributed by atoms with Gasteiger partial charge in [0.05, 0.1) is 27.2 Å². The molecule has 13 rings (SSSR count). The predicted molar refractivity (Wildman–Crippen MR) is 215 cm³/mol. The van der Waals surface area contributed by atoms with Gasteiger partial charge in [0.15, 0.2) is 11.3 Å². The molecule has 0 saturated carbocycles. The Morgan fingerprint density at radius 2 is 1.39 bits per heavy atom. The minimum absolute atomic E-state index is 0.00649. The van der Waals surface area contributed by atoms with Gasteiger partial charge in [0, 0.05) is 48.5 Å². The summed E-state index contributed by atoms with van der Waals surface area (Å²) in [6.07, 6.45) is 0. The molecule has 1 N–H and O–H groups in total. The Labute approximate surface area is 307 Å². The monoisotopic (exact) mass is 733 g/mol. The van der Waals surface area contributed by atoms with E-state index in [2.05, 4.69) is 4.98 Å². The average Bonchev–Trinajstić information content (AvgIpc) is 3.80.